The lowest BCUT2D eigenvalue weighted by Crippen LogP contribution is -2.13. The fourth-order valence-electron chi connectivity index (χ4n) is 2.11. The highest BCUT2D eigenvalue weighted by molar-refractivity contribution is 7.92. The highest BCUT2D eigenvalue weighted by Crippen LogP contribution is 2.20. The molecule has 0 fully saturated rings. The van der Waals surface area contributed by atoms with Gasteiger partial charge in [0.2, 0.25) is 0 Å². The Hall–Kier alpha value is -1.85. The van der Waals surface area contributed by atoms with Crippen LogP contribution in [0.25, 0.3) is 0 Å². The molecule has 0 aliphatic carbocycles. The number of aliphatic hydroxyl groups excluding tert-OH is 1. The van der Waals surface area contributed by atoms with Crippen LogP contribution in [0.15, 0.2) is 53.4 Å². The van der Waals surface area contributed by atoms with E-state index in [-0.39, 0.29) is 11.5 Å². The van der Waals surface area contributed by atoms with Gasteiger partial charge in [0.25, 0.3) is 10.0 Å². The number of rotatable bonds is 6. The number of anilines is 1. The number of hydrogen-bond donors (Lipinski definition) is 2. The Labute approximate surface area is 131 Å². The quantitative estimate of drug-likeness (QED) is 0.859. The molecule has 2 aromatic carbocycles. The summed E-state index contributed by atoms with van der Waals surface area (Å²) in [5.41, 5.74) is 2.58. The minimum atomic E-state index is -3.58. The third-order valence-corrected chi connectivity index (χ3v) is 4.86. The minimum absolute atomic E-state index is 0.0767. The van der Waals surface area contributed by atoms with E-state index in [1.165, 1.54) is 0 Å². The maximum atomic E-state index is 12.3. The summed E-state index contributed by atoms with van der Waals surface area (Å²) in [5, 5.41) is 8.87. The molecular formula is C17H21NO3S. The molecule has 118 valence electrons. The molecule has 0 aliphatic heterocycles. The van der Waals surface area contributed by atoms with Gasteiger partial charge < -0.3 is 5.11 Å². The molecular weight excluding hydrogens is 298 g/mol. The van der Waals surface area contributed by atoms with E-state index in [0.717, 1.165) is 11.1 Å². The number of benzene rings is 2. The van der Waals surface area contributed by atoms with Crippen molar-refractivity contribution in [2.24, 2.45) is 0 Å². The topological polar surface area (TPSA) is 66.4 Å². The Morgan fingerprint density at radius 1 is 1.00 bits per heavy atom. The van der Waals surface area contributed by atoms with E-state index in [1.54, 1.807) is 36.4 Å². The van der Waals surface area contributed by atoms with Crippen molar-refractivity contribution < 1.29 is 13.5 Å². The van der Waals surface area contributed by atoms with Crippen LogP contribution in [0.2, 0.25) is 0 Å². The summed E-state index contributed by atoms with van der Waals surface area (Å²) in [6.45, 7) is 4.21. The number of sulfonamides is 1. The van der Waals surface area contributed by atoms with Crippen LogP contribution in [-0.2, 0) is 16.4 Å². The molecule has 0 aromatic heterocycles. The molecule has 4 nitrogen and oxygen atoms in total. The second-order valence-corrected chi connectivity index (χ2v) is 7.18. The molecule has 2 rings (SSSR count). The highest BCUT2D eigenvalue weighted by Gasteiger charge is 2.14. The van der Waals surface area contributed by atoms with Crippen LogP contribution in [0.3, 0.4) is 0 Å². The van der Waals surface area contributed by atoms with Crippen molar-refractivity contribution >= 4 is 15.7 Å². The van der Waals surface area contributed by atoms with Gasteiger partial charge in [0.15, 0.2) is 0 Å². The van der Waals surface area contributed by atoms with Crippen molar-refractivity contribution in [1.29, 1.82) is 0 Å². The Bertz CT molecular complexity index is 705. The Balaban J connectivity index is 2.16. The Morgan fingerprint density at radius 3 is 2.09 bits per heavy atom. The average Bonchev–Trinajstić information content (AvgIpc) is 2.49. The lowest BCUT2D eigenvalue weighted by molar-refractivity contribution is 0.299. The van der Waals surface area contributed by atoms with Crippen LogP contribution in [0.5, 0.6) is 0 Å². The van der Waals surface area contributed by atoms with Crippen LogP contribution in [0.1, 0.15) is 30.9 Å². The van der Waals surface area contributed by atoms with Gasteiger partial charge in [-0.1, -0.05) is 38.1 Å². The predicted octanol–water partition coefficient (Wildman–Crippen LogP) is 3.15. The van der Waals surface area contributed by atoms with Gasteiger partial charge in [-0.25, -0.2) is 8.42 Å². The van der Waals surface area contributed by atoms with Gasteiger partial charge in [0.1, 0.15) is 0 Å². The smallest absolute Gasteiger partial charge is 0.261 e. The molecule has 2 N–H and O–H groups in total. The number of nitrogens with one attached hydrogen (secondary N) is 1. The summed E-state index contributed by atoms with van der Waals surface area (Å²) in [7, 11) is -3.58. The maximum Gasteiger partial charge on any atom is 0.261 e. The van der Waals surface area contributed by atoms with Crippen LogP contribution >= 0.6 is 0 Å². The first-order valence-electron chi connectivity index (χ1n) is 7.25. The van der Waals surface area contributed by atoms with Crippen molar-refractivity contribution in [3.63, 3.8) is 0 Å². The third-order valence-electron chi connectivity index (χ3n) is 3.46. The SMILES string of the molecule is CC(C)c1ccc(S(=O)(=O)Nc2ccc(CCO)cc2)cc1. The van der Waals surface area contributed by atoms with Gasteiger partial charge in [-0.2, -0.15) is 0 Å². The molecule has 0 unspecified atom stereocenters. The van der Waals surface area contributed by atoms with Crippen molar-refractivity contribution in [3.05, 3.63) is 59.7 Å². The lowest BCUT2D eigenvalue weighted by Gasteiger charge is -2.10. The summed E-state index contributed by atoms with van der Waals surface area (Å²) in [4.78, 5) is 0.247. The Kier molecular flexibility index (Phi) is 5.21. The lowest BCUT2D eigenvalue weighted by atomic mass is 10.0. The van der Waals surface area contributed by atoms with Crippen molar-refractivity contribution in [2.75, 3.05) is 11.3 Å². The summed E-state index contributed by atoms with van der Waals surface area (Å²) >= 11 is 0. The molecule has 0 saturated heterocycles. The average molecular weight is 319 g/mol. The molecule has 2 aromatic rings. The van der Waals surface area contributed by atoms with Crippen molar-refractivity contribution in [3.8, 4) is 0 Å². The number of aliphatic hydroxyl groups is 1. The van der Waals surface area contributed by atoms with Gasteiger partial charge in [-0.3, -0.25) is 4.72 Å². The first-order chi connectivity index (χ1) is 10.4. The molecule has 5 heteroatoms. The van der Waals surface area contributed by atoms with E-state index in [9.17, 15) is 8.42 Å². The molecule has 0 spiro atoms. The first-order valence-corrected chi connectivity index (χ1v) is 8.73. The molecule has 0 atom stereocenters. The van der Waals surface area contributed by atoms with Gasteiger partial charge >= 0.3 is 0 Å². The zero-order valence-corrected chi connectivity index (χ0v) is 13.6. The summed E-state index contributed by atoms with van der Waals surface area (Å²) in [6.07, 6.45) is 0.559. The predicted molar refractivity (Wildman–Crippen MR) is 88.6 cm³/mol. The summed E-state index contributed by atoms with van der Waals surface area (Å²) < 4.78 is 27.2. The van der Waals surface area contributed by atoms with E-state index in [1.807, 2.05) is 12.1 Å². The van der Waals surface area contributed by atoms with Crippen molar-refractivity contribution in [2.45, 2.75) is 31.1 Å². The third kappa shape index (κ3) is 4.08. The van der Waals surface area contributed by atoms with E-state index in [4.69, 9.17) is 5.11 Å². The van der Waals surface area contributed by atoms with E-state index < -0.39 is 10.0 Å². The summed E-state index contributed by atoms with van der Waals surface area (Å²) in [5.74, 6) is 0.365. The Morgan fingerprint density at radius 2 is 1.59 bits per heavy atom. The van der Waals surface area contributed by atoms with E-state index in [0.29, 0.717) is 18.0 Å². The molecule has 0 heterocycles. The molecule has 0 amide bonds. The molecule has 0 aliphatic rings. The summed E-state index contributed by atoms with van der Waals surface area (Å²) in [6, 6.07) is 13.9. The molecule has 0 bridgehead atoms. The maximum absolute atomic E-state index is 12.3. The normalized spacial score (nSPS) is 11.6. The zero-order valence-electron chi connectivity index (χ0n) is 12.8. The second kappa shape index (κ2) is 6.94. The fraction of sp³-hybridized carbons (Fsp3) is 0.294. The molecule has 22 heavy (non-hydrogen) atoms. The highest BCUT2D eigenvalue weighted by atomic mass is 32.2. The van der Waals surface area contributed by atoms with Gasteiger partial charge in [0, 0.05) is 12.3 Å². The molecule has 0 radical (unpaired) electrons. The van der Waals surface area contributed by atoms with Crippen molar-refractivity contribution in [1.82, 2.24) is 0 Å². The van der Waals surface area contributed by atoms with Crippen LogP contribution in [0, 0.1) is 0 Å². The van der Waals surface area contributed by atoms with Gasteiger partial charge in [0.05, 0.1) is 4.90 Å². The number of hydrogen-bond acceptors (Lipinski definition) is 3. The van der Waals surface area contributed by atoms with Crippen LogP contribution < -0.4 is 4.72 Å². The van der Waals surface area contributed by atoms with E-state index in [2.05, 4.69) is 18.6 Å². The van der Waals surface area contributed by atoms with Gasteiger partial charge in [-0.05, 0) is 47.7 Å². The first kappa shape index (κ1) is 16.5. The standard InChI is InChI=1S/C17H21NO3S/c1-13(2)15-5-9-17(10-6-15)22(20,21)18-16-7-3-14(4-8-16)11-12-19/h3-10,13,18-19H,11-12H2,1-2H3. The fourth-order valence-corrected chi connectivity index (χ4v) is 3.17. The van der Waals surface area contributed by atoms with Crippen LogP contribution in [0.4, 0.5) is 5.69 Å². The van der Waals surface area contributed by atoms with E-state index >= 15 is 0 Å². The molecule has 0 saturated carbocycles. The monoisotopic (exact) mass is 319 g/mol. The largest absolute Gasteiger partial charge is 0.396 e. The van der Waals surface area contributed by atoms with Gasteiger partial charge in [-0.15, -0.1) is 0 Å². The second-order valence-electron chi connectivity index (χ2n) is 5.50. The van der Waals surface area contributed by atoms with Crippen LogP contribution in [-0.4, -0.2) is 20.1 Å². The zero-order chi connectivity index (χ0) is 16.2. The minimum Gasteiger partial charge on any atom is -0.396 e.